The molecule has 0 saturated heterocycles. The normalized spacial score (nSPS) is 10.9. The molecule has 0 fully saturated rings. The van der Waals surface area contributed by atoms with Crippen LogP contribution in [0.15, 0.2) is 41.2 Å². The van der Waals surface area contributed by atoms with Gasteiger partial charge in [0, 0.05) is 17.7 Å². The second-order valence-corrected chi connectivity index (χ2v) is 5.17. The third-order valence-corrected chi connectivity index (χ3v) is 3.43. The van der Waals surface area contributed by atoms with Gasteiger partial charge in [-0.25, -0.2) is 0 Å². The molecule has 0 aliphatic rings. The molecule has 1 aromatic carbocycles. The standard InChI is InChI=1S/C14H13Cl2NO2/c1-17(7-10-4-5-19-9-10)8-14(18)11-2-3-12(15)13(16)6-11/h2-6,9H,7-8H2,1H3. The molecule has 0 N–H and O–H groups in total. The Balaban J connectivity index is 1.98. The molecule has 0 aliphatic carbocycles. The van der Waals surface area contributed by atoms with Gasteiger partial charge in [-0.1, -0.05) is 23.2 Å². The molecule has 3 nitrogen and oxygen atoms in total. The maximum Gasteiger partial charge on any atom is 0.176 e. The molecule has 2 aromatic rings. The van der Waals surface area contributed by atoms with Crippen molar-refractivity contribution in [3.05, 3.63) is 58.0 Å². The zero-order valence-corrected chi connectivity index (χ0v) is 11.9. The van der Waals surface area contributed by atoms with Gasteiger partial charge in [0.25, 0.3) is 0 Å². The molecule has 0 amide bonds. The largest absolute Gasteiger partial charge is 0.472 e. The van der Waals surface area contributed by atoms with Crippen molar-refractivity contribution in [2.24, 2.45) is 0 Å². The minimum atomic E-state index is 0.00422. The van der Waals surface area contributed by atoms with Crippen molar-refractivity contribution < 1.29 is 9.21 Å². The summed E-state index contributed by atoms with van der Waals surface area (Å²) in [6.07, 6.45) is 3.28. The lowest BCUT2D eigenvalue weighted by molar-refractivity contribution is 0.0943. The number of hydrogen-bond donors (Lipinski definition) is 0. The minimum absolute atomic E-state index is 0.00422. The van der Waals surface area contributed by atoms with E-state index >= 15 is 0 Å². The van der Waals surface area contributed by atoms with Crippen LogP contribution in [0.25, 0.3) is 0 Å². The number of carbonyl (C=O) groups is 1. The molecule has 0 unspecified atom stereocenters. The predicted octanol–water partition coefficient (Wildman–Crippen LogP) is 3.90. The van der Waals surface area contributed by atoms with E-state index in [-0.39, 0.29) is 5.78 Å². The summed E-state index contributed by atoms with van der Waals surface area (Å²) in [7, 11) is 1.88. The summed E-state index contributed by atoms with van der Waals surface area (Å²) in [4.78, 5) is 14.0. The molecular weight excluding hydrogens is 285 g/mol. The number of benzene rings is 1. The summed E-state index contributed by atoms with van der Waals surface area (Å²) >= 11 is 11.7. The van der Waals surface area contributed by atoms with Gasteiger partial charge in [-0.05, 0) is 31.3 Å². The molecule has 100 valence electrons. The Kier molecular flexibility index (Phi) is 4.64. The minimum Gasteiger partial charge on any atom is -0.472 e. The first kappa shape index (κ1) is 14.1. The first-order chi connectivity index (χ1) is 9.06. The molecule has 1 heterocycles. The molecule has 0 aliphatic heterocycles. The van der Waals surface area contributed by atoms with Crippen LogP contribution < -0.4 is 0 Å². The van der Waals surface area contributed by atoms with Crippen molar-refractivity contribution in [3.8, 4) is 0 Å². The maximum absolute atomic E-state index is 12.1. The Labute approximate surface area is 121 Å². The summed E-state index contributed by atoms with van der Waals surface area (Å²) in [6, 6.07) is 6.79. The number of rotatable bonds is 5. The fraction of sp³-hybridized carbons (Fsp3) is 0.214. The molecule has 0 radical (unpaired) electrons. The van der Waals surface area contributed by atoms with Gasteiger partial charge >= 0.3 is 0 Å². The predicted molar refractivity (Wildman–Crippen MR) is 75.8 cm³/mol. The third kappa shape index (κ3) is 3.83. The molecule has 0 bridgehead atoms. The number of nitrogens with zero attached hydrogens (tertiary/aromatic N) is 1. The Morgan fingerprint density at radius 2 is 2.05 bits per heavy atom. The van der Waals surface area contributed by atoms with E-state index in [0.29, 0.717) is 28.7 Å². The first-order valence-corrected chi connectivity index (χ1v) is 6.49. The van der Waals surface area contributed by atoms with Crippen LogP contribution in [-0.2, 0) is 6.54 Å². The van der Waals surface area contributed by atoms with E-state index in [4.69, 9.17) is 27.6 Å². The lowest BCUT2D eigenvalue weighted by atomic mass is 10.1. The Hall–Kier alpha value is -1.29. The van der Waals surface area contributed by atoms with Crippen molar-refractivity contribution in [2.45, 2.75) is 6.54 Å². The molecule has 5 heteroatoms. The van der Waals surface area contributed by atoms with Gasteiger partial charge in [0.05, 0.1) is 29.1 Å². The zero-order chi connectivity index (χ0) is 13.8. The molecule has 0 atom stereocenters. The number of halogens is 2. The Morgan fingerprint density at radius 1 is 1.26 bits per heavy atom. The zero-order valence-electron chi connectivity index (χ0n) is 10.4. The van der Waals surface area contributed by atoms with Crippen molar-refractivity contribution in [2.75, 3.05) is 13.6 Å². The van der Waals surface area contributed by atoms with Gasteiger partial charge in [-0.15, -0.1) is 0 Å². The van der Waals surface area contributed by atoms with E-state index in [2.05, 4.69) is 0 Å². The smallest absolute Gasteiger partial charge is 0.176 e. The maximum atomic E-state index is 12.1. The number of hydrogen-bond acceptors (Lipinski definition) is 3. The average molecular weight is 298 g/mol. The topological polar surface area (TPSA) is 33.5 Å². The van der Waals surface area contributed by atoms with E-state index in [1.807, 2.05) is 18.0 Å². The molecule has 1 aromatic heterocycles. The lowest BCUT2D eigenvalue weighted by Gasteiger charge is -2.14. The molecule has 19 heavy (non-hydrogen) atoms. The van der Waals surface area contributed by atoms with E-state index in [1.165, 1.54) is 0 Å². The first-order valence-electron chi connectivity index (χ1n) is 5.74. The van der Waals surface area contributed by atoms with Crippen molar-refractivity contribution in [3.63, 3.8) is 0 Å². The van der Waals surface area contributed by atoms with Gasteiger partial charge < -0.3 is 4.42 Å². The van der Waals surface area contributed by atoms with Crippen LogP contribution in [0.1, 0.15) is 15.9 Å². The third-order valence-electron chi connectivity index (χ3n) is 2.69. The van der Waals surface area contributed by atoms with E-state index in [0.717, 1.165) is 5.56 Å². The highest BCUT2D eigenvalue weighted by Crippen LogP contribution is 2.22. The summed E-state index contributed by atoms with van der Waals surface area (Å²) in [5, 5.41) is 0.843. The summed E-state index contributed by atoms with van der Waals surface area (Å²) in [5.74, 6) is 0.00422. The van der Waals surface area contributed by atoms with Crippen LogP contribution in [0.3, 0.4) is 0 Å². The summed E-state index contributed by atoms with van der Waals surface area (Å²) in [6.45, 7) is 0.965. The van der Waals surface area contributed by atoms with Crippen molar-refractivity contribution >= 4 is 29.0 Å². The number of likely N-dealkylation sites (N-methyl/N-ethyl adjacent to an activating group) is 1. The second-order valence-electron chi connectivity index (χ2n) is 4.36. The number of ketones is 1. The number of carbonyl (C=O) groups excluding carboxylic acids is 1. The second kappa shape index (κ2) is 6.24. The van der Waals surface area contributed by atoms with Gasteiger partial charge in [0.15, 0.2) is 5.78 Å². The highest BCUT2D eigenvalue weighted by atomic mass is 35.5. The van der Waals surface area contributed by atoms with E-state index in [1.54, 1.807) is 30.7 Å². The number of Topliss-reactive ketones (excluding diaryl/α,β-unsaturated/α-hetero) is 1. The van der Waals surface area contributed by atoms with Gasteiger partial charge in [-0.3, -0.25) is 9.69 Å². The van der Waals surface area contributed by atoms with Crippen LogP contribution in [-0.4, -0.2) is 24.3 Å². The van der Waals surface area contributed by atoms with Crippen LogP contribution in [0.2, 0.25) is 10.0 Å². The fourth-order valence-electron chi connectivity index (χ4n) is 1.76. The fourth-order valence-corrected chi connectivity index (χ4v) is 2.05. The molecule has 0 saturated carbocycles. The van der Waals surface area contributed by atoms with E-state index < -0.39 is 0 Å². The number of furan rings is 1. The van der Waals surface area contributed by atoms with Gasteiger partial charge in [0.1, 0.15) is 0 Å². The quantitative estimate of drug-likeness (QED) is 0.785. The van der Waals surface area contributed by atoms with Gasteiger partial charge in [-0.2, -0.15) is 0 Å². The van der Waals surface area contributed by atoms with Gasteiger partial charge in [0.2, 0.25) is 0 Å². The lowest BCUT2D eigenvalue weighted by Crippen LogP contribution is -2.25. The van der Waals surface area contributed by atoms with Crippen LogP contribution in [0.5, 0.6) is 0 Å². The van der Waals surface area contributed by atoms with Crippen molar-refractivity contribution in [1.82, 2.24) is 4.90 Å². The highest BCUT2D eigenvalue weighted by Gasteiger charge is 2.11. The SMILES string of the molecule is CN(CC(=O)c1ccc(Cl)c(Cl)c1)Cc1ccoc1. The summed E-state index contributed by atoms with van der Waals surface area (Å²) in [5.41, 5.74) is 1.60. The van der Waals surface area contributed by atoms with E-state index in [9.17, 15) is 4.79 Å². The van der Waals surface area contributed by atoms with Crippen molar-refractivity contribution in [1.29, 1.82) is 0 Å². The Bertz CT molecular complexity index is 567. The van der Waals surface area contributed by atoms with Crippen LogP contribution >= 0.6 is 23.2 Å². The molecular formula is C14H13Cl2NO2. The van der Waals surface area contributed by atoms with Crippen LogP contribution in [0, 0.1) is 0 Å². The summed E-state index contributed by atoms with van der Waals surface area (Å²) < 4.78 is 4.99. The monoisotopic (exact) mass is 297 g/mol. The molecule has 0 spiro atoms. The van der Waals surface area contributed by atoms with Crippen LogP contribution in [0.4, 0.5) is 0 Å². The Morgan fingerprint density at radius 3 is 2.68 bits per heavy atom. The molecule has 2 rings (SSSR count). The average Bonchev–Trinajstić information content (AvgIpc) is 2.85. The highest BCUT2D eigenvalue weighted by molar-refractivity contribution is 6.42.